The van der Waals surface area contributed by atoms with Gasteiger partial charge in [-0.05, 0) is 16.7 Å². The minimum Gasteiger partial charge on any atom is -0.369 e. The molecule has 7 heteroatoms. The maximum Gasteiger partial charge on any atom is 0.189 e. The monoisotopic (exact) mass is 502 g/mol. The standard InChI is InChI=1S/C30H34N2O5/c1-33-29-26(32-19-11-18-31)27(34-20-23-12-5-2-6-13-23)28(35-21-24-14-7-3-8-15-24)30(37-29)36-22-25-16-9-4-10-17-25/h2-10,12-17,26-30,32H,11,19-22H2,1H3/t26-,27-,28+,29+,30+/m1/s1. The van der Waals surface area contributed by atoms with E-state index in [4.69, 9.17) is 28.9 Å². The summed E-state index contributed by atoms with van der Waals surface area (Å²) in [5.41, 5.74) is 3.11. The topological polar surface area (TPSA) is 82.0 Å². The van der Waals surface area contributed by atoms with Gasteiger partial charge in [0.2, 0.25) is 0 Å². The minimum atomic E-state index is -0.733. The lowest BCUT2D eigenvalue weighted by Gasteiger charge is -2.45. The van der Waals surface area contributed by atoms with Crippen molar-refractivity contribution in [2.75, 3.05) is 13.7 Å². The number of ether oxygens (including phenoxy) is 5. The van der Waals surface area contributed by atoms with E-state index in [0.717, 1.165) is 16.7 Å². The second-order valence-electron chi connectivity index (χ2n) is 8.82. The zero-order valence-corrected chi connectivity index (χ0v) is 21.1. The van der Waals surface area contributed by atoms with Gasteiger partial charge in [-0.15, -0.1) is 0 Å². The van der Waals surface area contributed by atoms with Crippen LogP contribution in [0.2, 0.25) is 0 Å². The molecule has 37 heavy (non-hydrogen) atoms. The minimum absolute atomic E-state index is 0.349. The largest absolute Gasteiger partial charge is 0.369 e. The smallest absolute Gasteiger partial charge is 0.189 e. The fraction of sp³-hybridized carbons (Fsp3) is 0.367. The van der Waals surface area contributed by atoms with Crippen molar-refractivity contribution in [3.8, 4) is 6.07 Å². The summed E-state index contributed by atoms with van der Waals surface area (Å²) in [6, 6.07) is 31.7. The fourth-order valence-electron chi connectivity index (χ4n) is 4.31. The summed E-state index contributed by atoms with van der Waals surface area (Å²) in [7, 11) is 1.59. The van der Waals surface area contributed by atoms with Crippen LogP contribution in [0.25, 0.3) is 0 Å². The molecule has 5 atom stereocenters. The number of rotatable bonds is 13. The summed E-state index contributed by atoms with van der Waals surface area (Å²) >= 11 is 0. The van der Waals surface area contributed by atoms with Gasteiger partial charge < -0.3 is 29.0 Å². The SMILES string of the molecule is CO[C@H]1O[C@H](OCc2ccccc2)[C@@H](OCc2ccccc2)[C@H](OCc2ccccc2)[C@H]1NCCC#N. The van der Waals surface area contributed by atoms with Crippen LogP contribution in [0.1, 0.15) is 23.1 Å². The molecule has 0 unspecified atom stereocenters. The van der Waals surface area contributed by atoms with Crippen LogP contribution in [-0.4, -0.2) is 44.5 Å². The van der Waals surface area contributed by atoms with Crippen LogP contribution in [-0.2, 0) is 43.5 Å². The molecule has 1 fully saturated rings. The lowest BCUT2D eigenvalue weighted by molar-refractivity contribution is -0.340. The van der Waals surface area contributed by atoms with Gasteiger partial charge in [-0.2, -0.15) is 5.26 Å². The number of nitriles is 1. The van der Waals surface area contributed by atoms with Gasteiger partial charge in [0.25, 0.3) is 0 Å². The molecule has 0 aliphatic carbocycles. The van der Waals surface area contributed by atoms with Crippen LogP contribution in [0.3, 0.4) is 0 Å². The van der Waals surface area contributed by atoms with E-state index in [2.05, 4.69) is 11.4 Å². The molecule has 1 aliphatic rings. The summed E-state index contributed by atoms with van der Waals surface area (Å²) in [5, 5.41) is 12.5. The third-order valence-corrected chi connectivity index (χ3v) is 6.18. The first-order valence-electron chi connectivity index (χ1n) is 12.5. The normalized spacial score (nSPS) is 23.4. The highest BCUT2D eigenvalue weighted by molar-refractivity contribution is 5.15. The molecular formula is C30H34N2O5. The Morgan fingerprint density at radius 1 is 0.703 bits per heavy atom. The lowest BCUT2D eigenvalue weighted by Crippen LogP contribution is -2.65. The van der Waals surface area contributed by atoms with Crippen LogP contribution >= 0.6 is 0 Å². The van der Waals surface area contributed by atoms with Gasteiger partial charge >= 0.3 is 0 Å². The Labute approximate surface area is 218 Å². The summed E-state index contributed by atoms with van der Waals surface area (Å²) in [5.74, 6) is 0. The Morgan fingerprint density at radius 3 is 1.68 bits per heavy atom. The Hall–Kier alpha value is -3.09. The first-order valence-corrected chi connectivity index (χ1v) is 12.5. The van der Waals surface area contributed by atoms with E-state index in [1.807, 2.05) is 91.0 Å². The third-order valence-electron chi connectivity index (χ3n) is 6.18. The quantitative estimate of drug-likeness (QED) is 0.343. The Balaban J connectivity index is 1.58. The second-order valence-corrected chi connectivity index (χ2v) is 8.82. The van der Waals surface area contributed by atoms with Crippen molar-refractivity contribution in [2.24, 2.45) is 0 Å². The van der Waals surface area contributed by atoms with Gasteiger partial charge in [0.05, 0.1) is 31.9 Å². The Kier molecular flexibility index (Phi) is 10.6. The molecule has 0 spiro atoms. The first-order chi connectivity index (χ1) is 18.3. The number of benzene rings is 3. The maximum atomic E-state index is 9.09. The predicted octanol–water partition coefficient (Wildman–Crippen LogP) is 4.57. The zero-order valence-electron chi connectivity index (χ0n) is 21.1. The van der Waals surface area contributed by atoms with Gasteiger partial charge in [-0.3, -0.25) is 0 Å². The van der Waals surface area contributed by atoms with Crippen LogP contribution in [0.5, 0.6) is 0 Å². The highest BCUT2D eigenvalue weighted by Gasteiger charge is 2.48. The van der Waals surface area contributed by atoms with Gasteiger partial charge in [-0.1, -0.05) is 91.0 Å². The molecule has 1 aliphatic heterocycles. The number of nitrogens with zero attached hydrogens (tertiary/aromatic N) is 1. The van der Waals surface area contributed by atoms with Crippen LogP contribution in [0.4, 0.5) is 0 Å². The maximum absolute atomic E-state index is 9.09. The summed E-state index contributed by atoms with van der Waals surface area (Å²) in [6.07, 6.45) is -2.07. The van der Waals surface area contributed by atoms with Crippen LogP contribution in [0, 0.1) is 11.3 Å². The van der Waals surface area contributed by atoms with Crippen molar-refractivity contribution in [1.29, 1.82) is 5.26 Å². The van der Waals surface area contributed by atoms with Crippen LogP contribution < -0.4 is 5.32 Å². The molecule has 3 aromatic rings. The highest BCUT2D eigenvalue weighted by atomic mass is 16.8. The number of hydrogen-bond acceptors (Lipinski definition) is 7. The molecule has 3 aromatic carbocycles. The summed E-state index contributed by atoms with van der Waals surface area (Å²) in [6.45, 7) is 1.57. The van der Waals surface area contributed by atoms with Crippen LogP contribution in [0.15, 0.2) is 91.0 Å². The predicted molar refractivity (Wildman–Crippen MR) is 139 cm³/mol. The molecule has 4 rings (SSSR count). The van der Waals surface area contributed by atoms with E-state index in [-0.39, 0.29) is 6.04 Å². The second kappa shape index (κ2) is 14.6. The lowest BCUT2D eigenvalue weighted by atomic mass is 9.99. The van der Waals surface area contributed by atoms with Crippen molar-refractivity contribution in [1.82, 2.24) is 5.32 Å². The van der Waals surface area contributed by atoms with E-state index < -0.39 is 24.8 Å². The Morgan fingerprint density at radius 2 is 1.19 bits per heavy atom. The molecule has 0 saturated carbocycles. The molecular weight excluding hydrogens is 468 g/mol. The summed E-state index contributed by atoms with van der Waals surface area (Å²) < 4.78 is 31.3. The van der Waals surface area contributed by atoms with E-state index in [1.54, 1.807) is 7.11 Å². The van der Waals surface area contributed by atoms with E-state index in [0.29, 0.717) is 32.8 Å². The van der Waals surface area contributed by atoms with Gasteiger partial charge in [0.15, 0.2) is 12.6 Å². The molecule has 0 bridgehead atoms. The molecule has 1 N–H and O–H groups in total. The van der Waals surface area contributed by atoms with Gasteiger partial charge in [-0.25, -0.2) is 0 Å². The first kappa shape index (κ1) is 27.0. The van der Waals surface area contributed by atoms with Crippen molar-refractivity contribution in [3.05, 3.63) is 108 Å². The van der Waals surface area contributed by atoms with Crippen molar-refractivity contribution >= 4 is 0 Å². The molecule has 194 valence electrons. The number of nitrogens with one attached hydrogen (secondary N) is 1. The van der Waals surface area contributed by atoms with E-state index in [1.165, 1.54) is 0 Å². The number of hydrogen-bond donors (Lipinski definition) is 1. The Bertz CT molecular complexity index is 1080. The van der Waals surface area contributed by atoms with Crippen molar-refractivity contribution < 1.29 is 23.7 Å². The average molecular weight is 503 g/mol. The molecule has 0 amide bonds. The molecule has 1 saturated heterocycles. The van der Waals surface area contributed by atoms with Gasteiger partial charge in [0, 0.05) is 20.1 Å². The van der Waals surface area contributed by atoms with Crippen molar-refractivity contribution in [3.63, 3.8) is 0 Å². The molecule has 1 heterocycles. The average Bonchev–Trinajstić information content (AvgIpc) is 2.96. The molecule has 0 radical (unpaired) electrons. The van der Waals surface area contributed by atoms with E-state index in [9.17, 15) is 0 Å². The fourth-order valence-corrected chi connectivity index (χ4v) is 4.31. The highest BCUT2D eigenvalue weighted by Crippen LogP contribution is 2.29. The van der Waals surface area contributed by atoms with Gasteiger partial charge in [0.1, 0.15) is 12.2 Å². The number of methoxy groups -OCH3 is 1. The molecule has 7 nitrogen and oxygen atoms in total. The summed E-state index contributed by atoms with van der Waals surface area (Å²) in [4.78, 5) is 0. The van der Waals surface area contributed by atoms with Crippen molar-refractivity contribution in [2.45, 2.75) is 57.1 Å². The molecule has 0 aromatic heterocycles. The van der Waals surface area contributed by atoms with E-state index >= 15 is 0 Å². The third kappa shape index (κ3) is 7.94. The zero-order chi connectivity index (χ0) is 25.7.